The molecule has 6 nitrogen and oxygen atoms in total. The fourth-order valence-electron chi connectivity index (χ4n) is 2.50. The Bertz CT molecular complexity index is 933. The maximum Gasteiger partial charge on any atom is 0.270 e. The monoisotopic (exact) mass is 337 g/mol. The second kappa shape index (κ2) is 7.61. The zero-order chi connectivity index (χ0) is 17.6. The molecule has 2 N–H and O–H groups in total. The molecule has 0 bridgehead atoms. The Labute approximate surface area is 144 Å². The summed E-state index contributed by atoms with van der Waals surface area (Å²) in [7, 11) is 1.61. The van der Waals surface area contributed by atoms with E-state index in [1.807, 2.05) is 42.5 Å². The van der Waals surface area contributed by atoms with E-state index in [2.05, 4.69) is 15.3 Å². The Morgan fingerprint density at radius 3 is 2.68 bits per heavy atom. The van der Waals surface area contributed by atoms with Gasteiger partial charge in [-0.15, -0.1) is 0 Å². The van der Waals surface area contributed by atoms with Crippen molar-refractivity contribution >= 4 is 16.9 Å². The number of fused-ring (bicyclic) bond motifs is 1. The average Bonchev–Trinajstić information content (AvgIpc) is 2.65. The standard InChI is InChI=1S/C19H19N3O3/c1-25-14-8-6-13(7-9-14)12-20-18(23)11-10-17-19(24)22-16-5-3-2-4-15(16)21-17/h2-9H,10-12H2,1H3,(H,20,23)(H,22,24). The quantitative estimate of drug-likeness (QED) is 0.722. The zero-order valence-electron chi connectivity index (χ0n) is 13.9. The molecule has 1 amide bonds. The number of nitrogens with zero attached hydrogens (tertiary/aromatic N) is 1. The van der Waals surface area contributed by atoms with Gasteiger partial charge in [-0.05, 0) is 29.8 Å². The van der Waals surface area contributed by atoms with Crippen molar-refractivity contribution in [1.29, 1.82) is 0 Å². The van der Waals surface area contributed by atoms with Crippen molar-refractivity contribution in [2.24, 2.45) is 0 Å². The third kappa shape index (κ3) is 4.23. The van der Waals surface area contributed by atoms with Crippen molar-refractivity contribution < 1.29 is 9.53 Å². The van der Waals surface area contributed by atoms with Crippen LogP contribution < -0.4 is 15.6 Å². The van der Waals surface area contributed by atoms with E-state index in [4.69, 9.17) is 4.74 Å². The number of carbonyl (C=O) groups is 1. The molecule has 1 aromatic heterocycles. The summed E-state index contributed by atoms with van der Waals surface area (Å²) in [4.78, 5) is 31.2. The molecule has 0 aliphatic carbocycles. The first-order valence-corrected chi connectivity index (χ1v) is 8.03. The maximum absolute atomic E-state index is 12.0. The third-order valence-electron chi connectivity index (χ3n) is 3.91. The number of aromatic amines is 1. The number of para-hydroxylation sites is 2. The van der Waals surface area contributed by atoms with E-state index >= 15 is 0 Å². The number of amides is 1. The lowest BCUT2D eigenvalue weighted by Gasteiger charge is -2.06. The minimum atomic E-state index is -0.248. The lowest BCUT2D eigenvalue weighted by molar-refractivity contribution is -0.121. The largest absolute Gasteiger partial charge is 0.497 e. The van der Waals surface area contributed by atoms with Crippen LogP contribution in [0.25, 0.3) is 11.0 Å². The highest BCUT2D eigenvalue weighted by molar-refractivity contribution is 5.76. The molecule has 1 heterocycles. The normalized spacial score (nSPS) is 10.6. The number of aryl methyl sites for hydroxylation is 1. The van der Waals surface area contributed by atoms with Crippen LogP contribution in [0.4, 0.5) is 0 Å². The minimum Gasteiger partial charge on any atom is -0.497 e. The molecule has 2 aromatic carbocycles. The van der Waals surface area contributed by atoms with Gasteiger partial charge in [-0.2, -0.15) is 0 Å². The van der Waals surface area contributed by atoms with E-state index in [9.17, 15) is 9.59 Å². The number of nitrogens with one attached hydrogen (secondary N) is 2. The predicted octanol–water partition coefficient (Wildman–Crippen LogP) is 2.18. The van der Waals surface area contributed by atoms with Gasteiger partial charge < -0.3 is 15.0 Å². The SMILES string of the molecule is COc1ccc(CNC(=O)CCc2nc3ccccc3[nH]c2=O)cc1. The van der Waals surface area contributed by atoms with Gasteiger partial charge in [-0.25, -0.2) is 4.98 Å². The molecule has 0 aliphatic heterocycles. The van der Waals surface area contributed by atoms with E-state index in [1.54, 1.807) is 13.2 Å². The van der Waals surface area contributed by atoms with E-state index in [1.165, 1.54) is 0 Å². The summed E-state index contributed by atoms with van der Waals surface area (Å²) in [5, 5.41) is 2.84. The van der Waals surface area contributed by atoms with Crippen LogP contribution in [0.2, 0.25) is 0 Å². The van der Waals surface area contributed by atoms with Gasteiger partial charge in [0.15, 0.2) is 0 Å². The van der Waals surface area contributed by atoms with E-state index in [0.717, 1.165) is 16.8 Å². The molecule has 0 fully saturated rings. The second-order valence-electron chi connectivity index (χ2n) is 5.65. The second-order valence-corrected chi connectivity index (χ2v) is 5.65. The summed E-state index contributed by atoms with van der Waals surface area (Å²) in [5.74, 6) is 0.654. The summed E-state index contributed by atoms with van der Waals surface area (Å²) in [6.45, 7) is 0.435. The van der Waals surface area contributed by atoms with Gasteiger partial charge >= 0.3 is 0 Å². The summed E-state index contributed by atoms with van der Waals surface area (Å²) in [6.07, 6.45) is 0.513. The fraction of sp³-hybridized carbons (Fsp3) is 0.211. The average molecular weight is 337 g/mol. The minimum absolute atomic E-state index is 0.120. The Morgan fingerprint density at radius 2 is 1.92 bits per heavy atom. The van der Waals surface area contributed by atoms with Crippen molar-refractivity contribution in [3.63, 3.8) is 0 Å². The molecule has 0 saturated carbocycles. The molecule has 0 unspecified atom stereocenters. The molecule has 0 atom stereocenters. The maximum atomic E-state index is 12.0. The highest BCUT2D eigenvalue weighted by Crippen LogP contribution is 2.11. The van der Waals surface area contributed by atoms with Crippen molar-refractivity contribution in [2.45, 2.75) is 19.4 Å². The van der Waals surface area contributed by atoms with Crippen LogP contribution in [0, 0.1) is 0 Å². The van der Waals surface area contributed by atoms with Crippen LogP contribution in [0.15, 0.2) is 53.3 Å². The number of carbonyl (C=O) groups excluding carboxylic acids is 1. The summed E-state index contributed by atoms with van der Waals surface area (Å²) in [6, 6.07) is 14.8. The first-order chi connectivity index (χ1) is 12.2. The van der Waals surface area contributed by atoms with Crippen molar-refractivity contribution in [3.8, 4) is 5.75 Å². The number of ether oxygens (including phenoxy) is 1. The van der Waals surface area contributed by atoms with Crippen molar-refractivity contribution in [1.82, 2.24) is 15.3 Å². The van der Waals surface area contributed by atoms with Crippen LogP contribution in [0.3, 0.4) is 0 Å². The van der Waals surface area contributed by atoms with Crippen molar-refractivity contribution in [2.75, 3.05) is 7.11 Å². The van der Waals surface area contributed by atoms with Gasteiger partial charge in [0.2, 0.25) is 5.91 Å². The van der Waals surface area contributed by atoms with Crippen LogP contribution in [-0.4, -0.2) is 23.0 Å². The lowest BCUT2D eigenvalue weighted by atomic mass is 10.2. The fourth-order valence-corrected chi connectivity index (χ4v) is 2.50. The van der Waals surface area contributed by atoms with Gasteiger partial charge in [-0.3, -0.25) is 9.59 Å². The topological polar surface area (TPSA) is 84.1 Å². The predicted molar refractivity (Wildman–Crippen MR) is 95.5 cm³/mol. The number of rotatable bonds is 6. The van der Waals surface area contributed by atoms with E-state index in [0.29, 0.717) is 24.2 Å². The molecule has 3 aromatic rings. The molecule has 0 saturated heterocycles. The highest BCUT2D eigenvalue weighted by Gasteiger charge is 2.08. The highest BCUT2D eigenvalue weighted by atomic mass is 16.5. The van der Waals surface area contributed by atoms with Crippen LogP contribution in [-0.2, 0) is 17.8 Å². The summed E-state index contributed by atoms with van der Waals surface area (Å²) >= 11 is 0. The molecular weight excluding hydrogens is 318 g/mol. The van der Waals surface area contributed by atoms with Crippen LogP contribution in [0.1, 0.15) is 17.7 Å². The Kier molecular flexibility index (Phi) is 5.09. The Balaban J connectivity index is 1.56. The van der Waals surface area contributed by atoms with Crippen molar-refractivity contribution in [3.05, 3.63) is 70.1 Å². The molecule has 25 heavy (non-hydrogen) atoms. The molecule has 6 heteroatoms. The number of methoxy groups -OCH3 is 1. The molecule has 0 aliphatic rings. The molecular formula is C19H19N3O3. The first-order valence-electron chi connectivity index (χ1n) is 8.03. The van der Waals surface area contributed by atoms with Gasteiger partial charge in [0.05, 0.1) is 18.1 Å². The number of H-pyrrole nitrogens is 1. The zero-order valence-corrected chi connectivity index (χ0v) is 13.9. The van der Waals surface area contributed by atoms with Gasteiger partial charge in [0, 0.05) is 19.4 Å². The number of aromatic nitrogens is 2. The molecule has 0 spiro atoms. The molecule has 3 rings (SSSR count). The van der Waals surface area contributed by atoms with Gasteiger partial charge in [-0.1, -0.05) is 24.3 Å². The molecule has 0 radical (unpaired) electrons. The number of hydrogen-bond donors (Lipinski definition) is 2. The number of benzene rings is 2. The summed E-state index contributed by atoms with van der Waals surface area (Å²) < 4.78 is 5.10. The smallest absolute Gasteiger partial charge is 0.270 e. The van der Waals surface area contributed by atoms with Gasteiger partial charge in [0.25, 0.3) is 5.56 Å². The molecule has 128 valence electrons. The third-order valence-corrected chi connectivity index (χ3v) is 3.91. The Morgan fingerprint density at radius 1 is 1.16 bits per heavy atom. The first kappa shape index (κ1) is 16.7. The lowest BCUT2D eigenvalue weighted by Crippen LogP contribution is -2.24. The van der Waals surface area contributed by atoms with E-state index < -0.39 is 0 Å². The Hall–Kier alpha value is -3.15. The van der Waals surface area contributed by atoms with Gasteiger partial charge in [0.1, 0.15) is 11.4 Å². The van der Waals surface area contributed by atoms with E-state index in [-0.39, 0.29) is 17.9 Å². The van der Waals surface area contributed by atoms with Crippen LogP contribution in [0.5, 0.6) is 5.75 Å². The number of hydrogen-bond acceptors (Lipinski definition) is 4. The van der Waals surface area contributed by atoms with Crippen LogP contribution >= 0.6 is 0 Å². The summed E-state index contributed by atoms with van der Waals surface area (Å²) in [5.41, 5.74) is 2.52.